The molecule has 13 nitrogen and oxygen atoms in total. The van der Waals surface area contributed by atoms with Crippen molar-refractivity contribution >= 4 is 23.8 Å². The molecule has 2 aromatic heterocycles. The van der Waals surface area contributed by atoms with E-state index in [-0.39, 0.29) is 72.5 Å². The molecule has 1 unspecified atom stereocenters. The van der Waals surface area contributed by atoms with E-state index in [1.165, 1.54) is 34.1 Å². The lowest BCUT2D eigenvalue weighted by molar-refractivity contribution is -0.139. The van der Waals surface area contributed by atoms with Crippen LogP contribution in [0.15, 0.2) is 48.5 Å². The number of hydrogen-bond acceptors (Lipinski definition) is 11. The van der Waals surface area contributed by atoms with E-state index in [0.717, 1.165) is 24.3 Å². The van der Waals surface area contributed by atoms with Crippen LogP contribution in [0.25, 0.3) is 0 Å². The van der Waals surface area contributed by atoms with Crippen LogP contribution in [0.5, 0.6) is 29.3 Å². The zero-order valence-corrected chi connectivity index (χ0v) is 33.4. The Morgan fingerprint density at radius 2 is 1.24 bits per heavy atom. The molecule has 4 heterocycles. The van der Waals surface area contributed by atoms with E-state index >= 15 is 0 Å². The number of para-hydroxylation sites is 2. The number of benzene rings is 2. The van der Waals surface area contributed by atoms with Crippen molar-refractivity contribution in [2.45, 2.75) is 97.1 Å². The molecule has 0 bridgehead atoms. The van der Waals surface area contributed by atoms with Gasteiger partial charge < -0.3 is 28.6 Å². The van der Waals surface area contributed by atoms with E-state index in [2.05, 4.69) is 19.9 Å². The van der Waals surface area contributed by atoms with Crippen LogP contribution >= 0.6 is 11.6 Å². The Morgan fingerprint density at radius 1 is 0.712 bits per heavy atom. The van der Waals surface area contributed by atoms with Crippen molar-refractivity contribution in [3.63, 3.8) is 0 Å². The molecular weight excluding hydrogens is 814 g/mol. The summed E-state index contributed by atoms with van der Waals surface area (Å²) in [4.78, 5) is 46.5. The maximum Gasteiger partial charge on any atom is 0.419 e. The van der Waals surface area contributed by atoms with Gasteiger partial charge in [0.25, 0.3) is 0 Å². The fourth-order valence-electron chi connectivity index (χ4n) is 6.18. The molecule has 0 spiro atoms. The molecule has 2 amide bonds. The summed E-state index contributed by atoms with van der Waals surface area (Å²) < 4.78 is 113. The summed E-state index contributed by atoms with van der Waals surface area (Å²) in [6.07, 6.45) is -11.1. The third-order valence-corrected chi connectivity index (χ3v) is 8.89. The molecule has 0 aliphatic carbocycles. The van der Waals surface area contributed by atoms with Crippen molar-refractivity contribution in [2.24, 2.45) is 0 Å². The molecule has 0 fully saturated rings. The summed E-state index contributed by atoms with van der Waals surface area (Å²) in [7, 11) is 0. The topological polar surface area (TPSA) is 138 Å². The van der Waals surface area contributed by atoms with Gasteiger partial charge in [-0.3, -0.25) is 4.90 Å². The van der Waals surface area contributed by atoms with Crippen molar-refractivity contribution < 1.29 is 59.6 Å². The van der Waals surface area contributed by atoms with Gasteiger partial charge in [0.15, 0.2) is 0 Å². The number of aromatic nitrogens is 4. The predicted octanol–water partition coefficient (Wildman–Crippen LogP) is 9.58. The minimum absolute atomic E-state index is 0.0903. The van der Waals surface area contributed by atoms with Crippen LogP contribution < -0.4 is 14.2 Å². The fourth-order valence-corrected chi connectivity index (χ4v) is 6.36. The van der Waals surface area contributed by atoms with Crippen LogP contribution in [-0.2, 0) is 47.8 Å². The Morgan fingerprint density at radius 3 is 1.80 bits per heavy atom. The number of hydrogen-bond donors (Lipinski definition) is 0. The van der Waals surface area contributed by atoms with Crippen LogP contribution in [0.4, 0.5) is 35.9 Å². The van der Waals surface area contributed by atoms with Crippen LogP contribution in [-0.4, -0.2) is 72.3 Å². The van der Waals surface area contributed by atoms with Crippen LogP contribution in [0.3, 0.4) is 0 Å². The summed E-state index contributed by atoms with van der Waals surface area (Å²) >= 11 is 6.21. The first-order valence-electron chi connectivity index (χ1n) is 18.2. The summed E-state index contributed by atoms with van der Waals surface area (Å²) in [5, 5.41) is -0.357. The molecule has 1 atom stereocenters. The molecule has 0 N–H and O–H groups in total. The van der Waals surface area contributed by atoms with Gasteiger partial charge in [0.2, 0.25) is 17.0 Å². The maximum atomic E-state index is 14.0. The van der Waals surface area contributed by atoms with Gasteiger partial charge in [-0.1, -0.05) is 24.3 Å². The number of ether oxygens (including phenoxy) is 5. The Labute approximate surface area is 339 Å². The van der Waals surface area contributed by atoms with E-state index in [0.29, 0.717) is 5.56 Å². The number of carbonyl (C=O) groups is 2. The van der Waals surface area contributed by atoms with E-state index in [9.17, 15) is 35.9 Å². The van der Waals surface area contributed by atoms with Crippen LogP contribution in [0, 0.1) is 0 Å². The Balaban J connectivity index is 1.36. The van der Waals surface area contributed by atoms with Gasteiger partial charge in [0.05, 0.1) is 41.6 Å². The second-order valence-electron chi connectivity index (χ2n) is 15.6. The highest BCUT2D eigenvalue weighted by molar-refractivity contribution is 6.28. The minimum atomic E-state index is -4.77. The zero-order chi connectivity index (χ0) is 43.1. The van der Waals surface area contributed by atoms with E-state index in [1.807, 2.05) is 0 Å². The van der Waals surface area contributed by atoms with Crippen LogP contribution in [0.1, 0.15) is 75.2 Å². The minimum Gasteiger partial charge on any atom is -0.461 e. The van der Waals surface area contributed by atoms with Crippen molar-refractivity contribution in [3.8, 4) is 29.3 Å². The quantitative estimate of drug-likeness (QED) is 0.130. The van der Waals surface area contributed by atoms with Gasteiger partial charge in [-0.25, -0.2) is 14.6 Å². The molecule has 6 rings (SSSR count). The maximum absolute atomic E-state index is 14.0. The van der Waals surface area contributed by atoms with Crippen molar-refractivity contribution in [1.29, 1.82) is 0 Å². The van der Waals surface area contributed by atoms with Crippen molar-refractivity contribution in [3.05, 3.63) is 87.5 Å². The molecular formula is C39H39ClF6N6O7. The SMILES string of the molecule is CC(C)(C)OC(=O)N1CCc2c(nc(OCC3Cc4c(nc(Cl)nc4Oc4ccccc4C(F)(F)F)CN3C(=O)OC(C)(C)C)nc2Oc2ccccc2C(F)(F)F)C1. The Kier molecular flexibility index (Phi) is 11.8. The number of amides is 2. The number of fused-ring (bicyclic) bond motifs is 2. The lowest BCUT2D eigenvalue weighted by atomic mass is 9.99. The van der Waals surface area contributed by atoms with Crippen molar-refractivity contribution in [1.82, 2.24) is 29.7 Å². The third kappa shape index (κ3) is 10.5. The van der Waals surface area contributed by atoms with E-state index in [1.54, 1.807) is 41.5 Å². The highest BCUT2D eigenvalue weighted by Gasteiger charge is 2.40. The first kappa shape index (κ1) is 43.0. The summed E-state index contributed by atoms with van der Waals surface area (Å²) in [5.74, 6) is -1.65. The summed E-state index contributed by atoms with van der Waals surface area (Å²) in [5.41, 5.74) is -3.01. The molecule has 59 heavy (non-hydrogen) atoms. The van der Waals surface area contributed by atoms with Gasteiger partial charge in [0.1, 0.15) is 29.3 Å². The largest absolute Gasteiger partial charge is 0.461 e. The molecule has 4 aromatic rings. The van der Waals surface area contributed by atoms with Gasteiger partial charge in [-0.15, -0.1) is 0 Å². The smallest absolute Gasteiger partial charge is 0.419 e. The average Bonchev–Trinajstić information content (AvgIpc) is 3.11. The molecule has 2 aromatic carbocycles. The predicted molar refractivity (Wildman–Crippen MR) is 197 cm³/mol. The molecule has 2 aliphatic heterocycles. The number of rotatable bonds is 7. The fraction of sp³-hybridized carbons (Fsp3) is 0.436. The van der Waals surface area contributed by atoms with Gasteiger partial charge in [0, 0.05) is 24.1 Å². The van der Waals surface area contributed by atoms with Crippen LogP contribution in [0.2, 0.25) is 5.28 Å². The van der Waals surface area contributed by atoms with E-state index in [4.69, 9.17) is 35.3 Å². The Bertz CT molecular complexity index is 2230. The number of carbonyl (C=O) groups excluding carboxylic acids is 2. The Hall–Kier alpha value is -5.59. The average molecular weight is 853 g/mol. The first-order chi connectivity index (χ1) is 27.4. The standard InChI is InChI=1S/C39H39ClF6N6O7/c1-36(2,3)58-34(53)51-16-15-22-26(18-51)48-33(50-30(22)56-28-13-9-7-11-24(28)38(41,42)43)55-20-21-17-23-27(19-52(21)35(54)59-37(4,5)6)47-32(40)49-31(23)57-29-14-10-8-12-25(29)39(44,45)46/h7-14,21H,15-20H2,1-6H3. The summed E-state index contributed by atoms with van der Waals surface area (Å²) in [6, 6.07) is 7.73. The van der Waals surface area contributed by atoms with Gasteiger partial charge >= 0.3 is 30.5 Å². The number of halogens is 7. The second-order valence-corrected chi connectivity index (χ2v) is 15.9. The molecule has 0 saturated heterocycles. The second kappa shape index (κ2) is 16.2. The molecule has 0 saturated carbocycles. The molecule has 2 aliphatic rings. The van der Waals surface area contributed by atoms with Gasteiger partial charge in [-0.05, 0) is 83.8 Å². The highest BCUT2D eigenvalue weighted by atomic mass is 35.5. The molecule has 316 valence electrons. The van der Waals surface area contributed by atoms with E-state index < -0.39 is 71.0 Å². The number of alkyl halides is 6. The van der Waals surface area contributed by atoms with Gasteiger partial charge in [-0.2, -0.15) is 41.3 Å². The first-order valence-corrected chi connectivity index (χ1v) is 18.6. The monoisotopic (exact) mass is 852 g/mol. The third-order valence-electron chi connectivity index (χ3n) is 8.72. The normalized spacial score (nSPS) is 15.8. The highest BCUT2D eigenvalue weighted by Crippen LogP contribution is 2.42. The summed E-state index contributed by atoms with van der Waals surface area (Å²) in [6.45, 7) is 9.35. The lowest BCUT2D eigenvalue weighted by Crippen LogP contribution is -2.49. The van der Waals surface area contributed by atoms with Crippen molar-refractivity contribution in [2.75, 3.05) is 13.2 Å². The molecule has 20 heteroatoms. The lowest BCUT2D eigenvalue weighted by Gasteiger charge is -2.37. The number of nitrogens with zero attached hydrogens (tertiary/aromatic N) is 6. The molecule has 0 radical (unpaired) electrons. The zero-order valence-electron chi connectivity index (χ0n) is 32.6.